The summed E-state index contributed by atoms with van der Waals surface area (Å²) in [5, 5.41) is 3.01. The summed E-state index contributed by atoms with van der Waals surface area (Å²) in [5.41, 5.74) is -0.537. The van der Waals surface area contributed by atoms with E-state index >= 15 is 0 Å². The molecule has 3 unspecified atom stereocenters. The van der Waals surface area contributed by atoms with Gasteiger partial charge >= 0.3 is 12.4 Å². The molecule has 11 heteroatoms. The number of hydroxylamine groups is 2. The van der Waals surface area contributed by atoms with Crippen LogP contribution in [0.25, 0.3) is 0 Å². The van der Waals surface area contributed by atoms with Crippen LogP contribution in [0.15, 0.2) is 61.0 Å². The third kappa shape index (κ3) is 6.73. The zero-order chi connectivity index (χ0) is 24.1. The molecule has 0 aromatic heterocycles. The number of nitrogens with zero attached hydrogens (tertiary/aromatic N) is 2. The smallest absolute Gasteiger partial charge is 0.364 e. The van der Waals surface area contributed by atoms with Crippen molar-refractivity contribution in [3.8, 4) is 0 Å². The van der Waals surface area contributed by atoms with Gasteiger partial charge in [-0.15, -0.1) is 0 Å². The van der Waals surface area contributed by atoms with Gasteiger partial charge in [0.1, 0.15) is 11.7 Å². The number of hydrogen-bond acceptors (Lipinski definition) is 4. The molecule has 3 atom stereocenters. The summed E-state index contributed by atoms with van der Waals surface area (Å²) < 4.78 is 78.6. The first-order valence-corrected chi connectivity index (χ1v) is 9.80. The molecular weight excluding hydrogens is 440 g/mol. The highest BCUT2D eigenvalue weighted by Crippen LogP contribution is 2.39. The fraction of sp³-hybridized carbons (Fsp3) is 0.476. The normalized spacial score (nSPS) is 24.8. The van der Waals surface area contributed by atoms with Crippen molar-refractivity contribution in [2.75, 3.05) is 19.6 Å². The lowest BCUT2D eigenvalue weighted by Gasteiger charge is -2.46. The Morgan fingerprint density at radius 3 is 2.50 bits per heavy atom. The molecule has 2 fully saturated rings. The molecule has 0 spiro atoms. The van der Waals surface area contributed by atoms with E-state index in [0.717, 1.165) is 4.90 Å². The molecule has 1 N–H and O–H groups in total. The monoisotopic (exact) mass is 465 g/mol. The van der Waals surface area contributed by atoms with E-state index in [-0.39, 0.29) is 26.1 Å². The Balaban J connectivity index is 1.94. The van der Waals surface area contributed by atoms with E-state index in [2.05, 4.69) is 18.5 Å². The third-order valence-corrected chi connectivity index (χ3v) is 5.01. The number of likely N-dealkylation sites (tertiary alicyclic amines) is 1. The lowest BCUT2D eigenvalue weighted by atomic mass is 9.89. The summed E-state index contributed by atoms with van der Waals surface area (Å²) in [5.74, 6) is -2.27. The van der Waals surface area contributed by atoms with Gasteiger partial charge in [-0.3, -0.25) is 9.63 Å². The second-order valence-electron chi connectivity index (χ2n) is 7.44. The highest BCUT2D eigenvalue weighted by atomic mass is 19.4. The van der Waals surface area contributed by atoms with E-state index in [4.69, 9.17) is 4.84 Å². The number of amides is 1. The van der Waals surface area contributed by atoms with Gasteiger partial charge in [-0.25, -0.2) is 0 Å². The van der Waals surface area contributed by atoms with Crippen LogP contribution in [0.2, 0.25) is 0 Å². The molecule has 2 heterocycles. The molecule has 5 nitrogen and oxygen atoms in total. The summed E-state index contributed by atoms with van der Waals surface area (Å²) in [6.07, 6.45) is -0.537. The average Bonchev–Trinajstić information content (AvgIpc) is 3.12. The van der Waals surface area contributed by atoms with Crippen LogP contribution in [0.1, 0.15) is 13.3 Å². The van der Waals surface area contributed by atoms with Crippen LogP contribution < -0.4 is 5.32 Å². The average molecular weight is 465 g/mol. The number of hydrogen-bond donors (Lipinski definition) is 1. The predicted octanol–water partition coefficient (Wildman–Crippen LogP) is 4.25. The lowest BCUT2D eigenvalue weighted by molar-refractivity contribution is -0.338. The number of halogens is 6. The predicted molar refractivity (Wildman–Crippen MR) is 107 cm³/mol. The van der Waals surface area contributed by atoms with Crippen LogP contribution in [-0.4, -0.2) is 60.0 Å². The van der Waals surface area contributed by atoms with Crippen molar-refractivity contribution in [1.82, 2.24) is 15.3 Å². The van der Waals surface area contributed by atoms with Crippen molar-refractivity contribution in [1.29, 1.82) is 0 Å². The summed E-state index contributed by atoms with van der Waals surface area (Å²) in [4.78, 5) is 18.6. The van der Waals surface area contributed by atoms with Crippen molar-refractivity contribution < 1.29 is 36.0 Å². The molecule has 32 heavy (non-hydrogen) atoms. The molecular formula is C21H25F6N3O2. The summed E-state index contributed by atoms with van der Waals surface area (Å²) in [6.45, 7) is 7.75. The van der Waals surface area contributed by atoms with E-state index in [1.165, 1.54) is 6.20 Å². The maximum Gasteiger partial charge on any atom is 0.430 e. The lowest BCUT2D eigenvalue weighted by Crippen LogP contribution is -2.66. The van der Waals surface area contributed by atoms with Gasteiger partial charge in [0.2, 0.25) is 5.91 Å². The van der Waals surface area contributed by atoms with Crippen molar-refractivity contribution in [3.05, 3.63) is 61.0 Å². The number of carbonyl (C=O) groups is 1. The van der Waals surface area contributed by atoms with Crippen molar-refractivity contribution in [3.63, 3.8) is 0 Å². The first-order valence-electron chi connectivity index (χ1n) is 9.80. The molecule has 2 saturated heterocycles. The SMILES string of the molecule is C=C/C=C\C=C\C(C)ON1CC(C(=O)N/C=C2\CCN(C(=C)C(F)(F)F)C2)C1C(F)(F)F. The van der Waals surface area contributed by atoms with Crippen molar-refractivity contribution in [2.45, 2.75) is 37.8 Å². The number of alkyl halides is 6. The maximum absolute atomic E-state index is 13.5. The summed E-state index contributed by atoms with van der Waals surface area (Å²) >= 11 is 0. The first kappa shape index (κ1) is 25.7. The second kappa shape index (κ2) is 10.4. The third-order valence-electron chi connectivity index (χ3n) is 5.01. The van der Waals surface area contributed by atoms with E-state index in [9.17, 15) is 31.1 Å². The van der Waals surface area contributed by atoms with Crippen molar-refractivity contribution in [2.24, 2.45) is 5.92 Å². The van der Waals surface area contributed by atoms with Gasteiger partial charge in [0.05, 0.1) is 12.0 Å². The van der Waals surface area contributed by atoms with E-state index in [1.807, 2.05) is 0 Å². The molecule has 0 saturated carbocycles. The molecule has 2 aliphatic rings. The molecule has 2 aliphatic heterocycles. The number of carbonyl (C=O) groups excluding carboxylic acids is 1. The molecule has 0 radical (unpaired) electrons. The molecule has 0 aromatic carbocycles. The van der Waals surface area contributed by atoms with Gasteiger partial charge in [-0.2, -0.15) is 31.4 Å². The molecule has 178 valence electrons. The number of allylic oxidation sites excluding steroid dienone is 5. The van der Waals surface area contributed by atoms with Crippen LogP contribution in [0, 0.1) is 5.92 Å². The maximum atomic E-state index is 13.5. The summed E-state index contributed by atoms with van der Waals surface area (Å²) in [7, 11) is 0. The Morgan fingerprint density at radius 2 is 1.91 bits per heavy atom. The van der Waals surface area contributed by atoms with E-state index in [1.54, 1.807) is 37.3 Å². The van der Waals surface area contributed by atoms with Gasteiger partial charge in [-0.1, -0.05) is 43.5 Å². The fourth-order valence-corrected chi connectivity index (χ4v) is 3.30. The topological polar surface area (TPSA) is 44.8 Å². The highest BCUT2D eigenvalue weighted by molar-refractivity contribution is 5.81. The summed E-state index contributed by atoms with van der Waals surface area (Å²) in [6, 6.07) is -2.12. The van der Waals surface area contributed by atoms with Crippen LogP contribution in [-0.2, 0) is 9.63 Å². The Hall–Kier alpha value is -2.53. The van der Waals surface area contributed by atoms with Gasteiger partial charge in [0.25, 0.3) is 0 Å². The standard InChI is InChI=1S/C21H25F6N3O2/c1-4-5-6-7-8-14(2)32-30-13-17(18(30)21(25,26)27)19(31)28-11-16-9-10-29(12-16)15(3)20(22,23)24/h4-8,11,14,17-18H,1,3,9-10,12-13H2,2H3,(H,28,31)/b6-5-,8-7+,16-11+. The van der Waals surface area contributed by atoms with Gasteiger partial charge < -0.3 is 10.2 Å². The quantitative estimate of drug-likeness (QED) is 0.430. The molecule has 0 aliphatic carbocycles. The molecule has 2 rings (SSSR count). The van der Waals surface area contributed by atoms with Crippen LogP contribution in [0.4, 0.5) is 26.3 Å². The molecule has 0 bridgehead atoms. The minimum Gasteiger partial charge on any atom is -0.364 e. The van der Waals surface area contributed by atoms with Gasteiger partial charge in [0, 0.05) is 25.8 Å². The van der Waals surface area contributed by atoms with Crippen LogP contribution >= 0.6 is 0 Å². The Bertz CT molecular complexity index is 800. The van der Waals surface area contributed by atoms with Gasteiger partial charge in [-0.05, 0) is 18.9 Å². The second-order valence-corrected chi connectivity index (χ2v) is 7.44. The first-order chi connectivity index (χ1) is 14.8. The minimum absolute atomic E-state index is 0.0592. The Kier molecular flexibility index (Phi) is 8.35. The minimum atomic E-state index is -4.70. The van der Waals surface area contributed by atoms with Crippen LogP contribution in [0.3, 0.4) is 0 Å². The largest absolute Gasteiger partial charge is 0.430 e. The Labute approximate surface area is 182 Å². The van der Waals surface area contributed by atoms with Crippen LogP contribution in [0.5, 0.6) is 0 Å². The fourth-order valence-electron chi connectivity index (χ4n) is 3.30. The van der Waals surface area contributed by atoms with Gasteiger partial charge in [0.15, 0.2) is 0 Å². The molecule has 0 aromatic rings. The van der Waals surface area contributed by atoms with Crippen molar-refractivity contribution >= 4 is 5.91 Å². The number of nitrogens with one attached hydrogen (secondary N) is 1. The zero-order valence-electron chi connectivity index (χ0n) is 17.4. The highest BCUT2D eigenvalue weighted by Gasteiger charge is 2.59. The zero-order valence-corrected chi connectivity index (χ0v) is 17.4. The van der Waals surface area contributed by atoms with E-state index < -0.39 is 42.0 Å². The number of rotatable bonds is 8. The molecule has 1 amide bonds. The Morgan fingerprint density at radius 1 is 1.22 bits per heavy atom. The van der Waals surface area contributed by atoms with E-state index in [0.29, 0.717) is 10.6 Å².